The Kier molecular flexibility index (Phi) is 5.41. The molecule has 1 N–H and O–H groups in total. The van der Waals surface area contributed by atoms with Crippen LogP contribution >= 0.6 is 0 Å². The fraction of sp³-hybridized carbons (Fsp3) is 0.300. The molecular formula is C20H23N3O3. The fourth-order valence-electron chi connectivity index (χ4n) is 3.00. The predicted molar refractivity (Wildman–Crippen MR) is 102 cm³/mol. The summed E-state index contributed by atoms with van der Waals surface area (Å²) in [5, 5.41) is 2.83. The molecule has 0 radical (unpaired) electrons. The molecule has 1 heterocycles. The lowest BCUT2D eigenvalue weighted by Gasteiger charge is -2.36. The molecule has 1 fully saturated rings. The maximum Gasteiger partial charge on any atom is 0.339 e. The van der Waals surface area contributed by atoms with E-state index < -0.39 is 5.97 Å². The molecule has 2 aromatic rings. The summed E-state index contributed by atoms with van der Waals surface area (Å²) < 4.78 is 4.76. The van der Waals surface area contributed by atoms with Crippen LogP contribution in [0.5, 0.6) is 0 Å². The lowest BCUT2D eigenvalue weighted by atomic mass is 10.2. The van der Waals surface area contributed by atoms with Gasteiger partial charge in [-0.05, 0) is 31.2 Å². The molecule has 3 rings (SSSR count). The molecule has 0 atom stereocenters. The van der Waals surface area contributed by atoms with Crippen LogP contribution in [0.4, 0.5) is 16.2 Å². The molecule has 0 unspecified atom stereocenters. The maximum atomic E-state index is 12.6. The number of hydrogen-bond acceptors (Lipinski definition) is 4. The summed E-state index contributed by atoms with van der Waals surface area (Å²) in [5.74, 6) is -0.468. The van der Waals surface area contributed by atoms with Gasteiger partial charge in [0.1, 0.15) is 0 Å². The largest absolute Gasteiger partial charge is 0.465 e. The van der Waals surface area contributed by atoms with Crippen molar-refractivity contribution in [3.05, 3.63) is 59.7 Å². The standard InChI is InChI=1S/C20H23N3O3/c1-15-7-9-16(10-8-15)22-11-13-23(14-12-22)20(25)21-18-6-4-3-5-17(18)19(24)26-2/h3-10H,11-14H2,1-2H3,(H,21,25). The molecule has 0 aromatic heterocycles. The molecule has 0 bridgehead atoms. The van der Waals surface area contributed by atoms with E-state index in [1.54, 1.807) is 29.2 Å². The number of urea groups is 1. The van der Waals surface area contributed by atoms with Crippen LogP contribution in [0.1, 0.15) is 15.9 Å². The molecule has 2 amide bonds. The highest BCUT2D eigenvalue weighted by Crippen LogP contribution is 2.19. The molecule has 2 aromatic carbocycles. The number of methoxy groups -OCH3 is 1. The molecule has 1 aliphatic heterocycles. The van der Waals surface area contributed by atoms with Crippen LogP contribution in [-0.2, 0) is 4.74 Å². The first-order valence-electron chi connectivity index (χ1n) is 8.63. The zero-order chi connectivity index (χ0) is 18.5. The molecule has 0 saturated carbocycles. The first kappa shape index (κ1) is 17.8. The highest BCUT2D eigenvalue weighted by molar-refractivity contribution is 6.00. The Bertz CT molecular complexity index is 781. The summed E-state index contributed by atoms with van der Waals surface area (Å²) in [6, 6.07) is 15.1. The lowest BCUT2D eigenvalue weighted by Crippen LogP contribution is -2.50. The quantitative estimate of drug-likeness (QED) is 0.861. The summed E-state index contributed by atoms with van der Waals surface area (Å²) in [6.07, 6.45) is 0. The first-order chi connectivity index (χ1) is 12.6. The maximum absolute atomic E-state index is 12.6. The Morgan fingerprint density at radius 1 is 0.962 bits per heavy atom. The Hall–Kier alpha value is -3.02. The van der Waals surface area contributed by atoms with Crippen molar-refractivity contribution in [3.8, 4) is 0 Å². The molecule has 136 valence electrons. The highest BCUT2D eigenvalue weighted by Gasteiger charge is 2.22. The number of hydrogen-bond donors (Lipinski definition) is 1. The van der Waals surface area contributed by atoms with Crippen LogP contribution in [0.3, 0.4) is 0 Å². The monoisotopic (exact) mass is 353 g/mol. The van der Waals surface area contributed by atoms with Crippen molar-refractivity contribution < 1.29 is 14.3 Å². The average molecular weight is 353 g/mol. The number of anilines is 2. The number of rotatable bonds is 3. The number of nitrogens with one attached hydrogen (secondary N) is 1. The van der Waals surface area contributed by atoms with Crippen molar-refractivity contribution in [2.24, 2.45) is 0 Å². The van der Waals surface area contributed by atoms with Gasteiger partial charge in [-0.25, -0.2) is 9.59 Å². The summed E-state index contributed by atoms with van der Waals surface area (Å²) >= 11 is 0. The molecular weight excluding hydrogens is 330 g/mol. The van der Waals surface area contributed by atoms with Crippen LogP contribution < -0.4 is 10.2 Å². The van der Waals surface area contributed by atoms with Gasteiger partial charge in [-0.1, -0.05) is 29.8 Å². The second kappa shape index (κ2) is 7.91. The Balaban J connectivity index is 1.61. The van der Waals surface area contributed by atoms with Gasteiger partial charge in [0.05, 0.1) is 18.4 Å². The van der Waals surface area contributed by atoms with Gasteiger partial charge in [-0.3, -0.25) is 0 Å². The number of carbonyl (C=O) groups excluding carboxylic acids is 2. The van der Waals surface area contributed by atoms with E-state index >= 15 is 0 Å². The number of piperazine rings is 1. The normalized spacial score (nSPS) is 14.1. The minimum atomic E-state index is -0.468. The van der Waals surface area contributed by atoms with Crippen molar-refractivity contribution >= 4 is 23.4 Å². The van der Waals surface area contributed by atoms with Gasteiger partial charge in [-0.15, -0.1) is 0 Å². The molecule has 0 aliphatic carbocycles. The Morgan fingerprint density at radius 2 is 1.62 bits per heavy atom. The van der Waals surface area contributed by atoms with E-state index in [2.05, 4.69) is 41.4 Å². The second-order valence-electron chi connectivity index (χ2n) is 6.28. The van der Waals surface area contributed by atoms with E-state index in [1.807, 2.05) is 0 Å². The number of amides is 2. The van der Waals surface area contributed by atoms with Crippen molar-refractivity contribution in [3.63, 3.8) is 0 Å². The van der Waals surface area contributed by atoms with Gasteiger partial charge in [0.15, 0.2) is 0 Å². The molecule has 6 heteroatoms. The van der Waals surface area contributed by atoms with E-state index in [9.17, 15) is 9.59 Å². The van der Waals surface area contributed by atoms with Crippen molar-refractivity contribution in [1.29, 1.82) is 0 Å². The molecule has 1 saturated heterocycles. The van der Waals surface area contributed by atoms with Gasteiger partial charge in [0.25, 0.3) is 0 Å². The zero-order valence-electron chi connectivity index (χ0n) is 15.1. The minimum Gasteiger partial charge on any atom is -0.465 e. The van der Waals surface area contributed by atoms with Crippen LogP contribution in [-0.4, -0.2) is 50.2 Å². The molecule has 0 spiro atoms. The van der Waals surface area contributed by atoms with Crippen molar-refractivity contribution in [1.82, 2.24) is 4.90 Å². The Labute approximate surface area is 153 Å². The first-order valence-corrected chi connectivity index (χ1v) is 8.63. The van der Waals surface area contributed by atoms with Crippen LogP contribution in [0.2, 0.25) is 0 Å². The number of nitrogens with zero attached hydrogens (tertiary/aromatic N) is 2. The lowest BCUT2D eigenvalue weighted by molar-refractivity contribution is 0.0602. The predicted octanol–water partition coefficient (Wildman–Crippen LogP) is 3.14. The molecule has 26 heavy (non-hydrogen) atoms. The number of aryl methyl sites for hydroxylation is 1. The summed E-state index contributed by atoms with van der Waals surface area (Å²) in [7, 11) is 1.32. The van der Waals surface area contributed by atoms with E-state index in [0.717, 1.165) is 13.1 Å². The minimum absolute atomic E-state index is 0.204. The average Bonchev–Trinajstić information content (AvgIpc) is 2.68. The van der Waals surface area contributed by atoms with Gasteiger partial charge in [0.2, 0.25) is 0 Å². The zero-order valence-corrected chi connectivity index (χ0v) is 15.1. The number of ether oxygens (including phenoxy) is 1. The fourth-order valence-corrected chi connectivity index (χ4v) is 3.00. The van der Waals surface area contributed by atoms with Gasteiger partial charge < -0.3 is 19.9 Å². The SMILES string of the molecule is COC(=O)c1ccccc1NC(=O)N1CCN(c2ccc(C)cc2)CC1. The highest BCUT2D eigenvalue weighted by atomic mass is 16.5. The Morgan fingerprint density at radius 3 is 2.27 bits per heavy atom. The van der Waals surface area contributed by atoms with Crippen LogP contribution in [0.25, 0.3) is 0 Å². The van der Waals surface area contributed by atoms with Crippen molar-refractivity contribution in [2.75, 3.05) is 43.5 Å². The third-order valence-corrected chi connectivity index (χ3v) is 4.54. The smallest absolute Gasteiger partial charge is 0.339 e. The molecule has 1 aliphatic rings. The van der Waals surface area contributed by atoms with Crippen LogP contribution in [0, 0.1) is 6.92 Å². The number of benzene rings is 2. The summed E-state index contributed by atoms with van der Waals surface area (Å²) in [5.41, 5.74) is 3.22. The van der Waals surface area contributed by atoms with E-state index in [4.69, 9.17) is 4.74 Å². The summed E-state index contributed by atoms with van der Waals surface area (Å²) in [6.45, 7) is 4.86. The number of esters is 1. The van der Waals surface area contributed by atoms with E-state index in [0.29, 0.717) is 24.3 Å². The third-order valence-electron chi connectivity index (χ3n) is 4.54. The van der Waals surface area contributed by atoms with Gasteiger partial charge in [-0.2, -0.15) is 0 Å². The molecule has 6 nitrogen and oxygen atoms in total. The topological polar surface area (TPSA) is 61.9 Å². The van der Waals surface area contributed by atoms with E-state index in [-0.39, 0.29) is 6.03 Å². The number of para-hydroxylation sites is 1. The second-order valence-corrected chi connectivity index (χ2v) is 6.28. The van der Waals surface area contributed by atoms with Gasteiger partial charge >= 0.3 is 12.0 Å². The van der Waals surface area contributed by atoms with E-state index in [1.165, 1.54) is 18.4 Å². The third kappa shape index (κ3) is 3.96. The van der Waals surface area contributed by atoms with Gasteiger partial charge in [0, 0.05) is 31.9 Å². The summed E-state index contributed by atoms with van der Waals surface area (Å²) in [4.78, 5) is 28.4. The van der Waals surface area contributed by atoms with Crippen LogP contribution in [0.15, 0.2) is 48.5 Å². The number of carbonyl (C=O) groups is 2. The van der Waals surface area contributed by atoms with Crippen molar-refractivity contribution in [2.45, 2.75) is 6.92 Å².